The van der Waals surface area contributed by atoms with Crippen LogP contribution in [0.5, 0.6) is 0 Å². The van der Waals surface area contributed by atoms with E-state index in [1.807, 2.05) is 6.92 Å². The number of carbonyl (C=O) groups excluding carboxylic acids is 4. The largest absolute Gasteiger partial charge is 0.465 e. The lowest BCUT2D eigenvalue weighted by molar-refractivity contribution is -0.158. The molecule has 0 rings (SSSR count). The first kappa shape index (κ1) is 36.2. The highest BCUT2D eigenvalue weighted by Gasteiger charge is 2.34. The minimum atomic E-state index is -1.82. The van der Waals surface area contributed by atoms with Crippen molar-refractivity contribution in [3.8, 4) is 0 Å². The van der Waals surface area contributed by atoms with Gasteiger partial charge in [0, 0.05) is 19.4 Å². The van der Waals surface area contributed by atoms with Crippen LogP contribution in [0, 0.1) is 5.41 Å². The number of carbonyl (C=O) groups is 4. The van der Waals surface area contributed by atoms with Gasteiger partial charge in [-0.25, -0.2) is 0 Å². The molecule has 0 heterocycles. The average molecular weight is 602 g/mol. The Morgan fingerprint density at radius 1 is 0.703 bits per heavy atom. The Labute approximate surface area is 234 Å². The summed E-state index contributed by atoms with van der Waals surface area (Å²) in [6.07, 6.45) is 3.25. The first-order chi connectivity index (χ1) is 17.2. The molecule has 0 atom stereocenters. The van der Waals surface area contributed by atoms with Crippen molar-refractivity contribution in [1.29, 1.82) is 0 Å². The quantitative estimate of drug-likeness (QED) is 0.0626. The molecule has 0 fully saturated rings. The third-order valence-electron chi connectivity index (χ3n) is 6.04. The van der Waals surface area contributed by atoms with Gasteiger partial charge in [-0.1, -0.05) is 26.7 Å². The molecule has 37 heavy (non-hydrogen) atoms. The van der Waals surface area contributed by atoms with E-state index in [9.17, 15) is 19.2 Å². The van der Waals surface area contributed by atoms with Crippen molar-refractivity contribution in [1.82, 2.24) is 0 Å². The molecular weight excluding hydrogens is 555 g/mol. The van der Waals surface area contributed by atoms with E-state index in [1.165, 1.54) is 18.9 Å². The molecule has 0 radical (unpaired) electrons. The molecule has 0 unspecified atom stereocenters. The van der Waals surface area contributed by atoms with Gasteiger partial charge in [-0.15, -0.1) is 0 Å². The molecule has 0 aromatic rings. The SMILES string of the molecule is CCCC[Si](C)(C)O[Si](C)(C)CCCOCC(CC)(COC(=O)CCC(=O)Cl)COC(=O)CCC(=O)Cl. The molecule has 0 bridgehead atoms. The molecule has 12 heteroatoms. The van der Waals surface area contributed by atoms with Gasteiger partial charge in [-0.05, 0) is 74.3 Å². The number of ether oxygens (including phenoxy) is 3. The van der Waals surface area contributed by atoms with Crippen LogP contribution in [-0.2, 0) is 37.5 Å². The fraction of sp³-hybridized carbons (Fsp3) is 0.840. The number of rotatable bonds is 22. The van der Waals surface area contributed by atoms with Crippen LogP contribution in [0.1, 0.15) is 65.2 Å². The predicted molar refractivity (Wildman–Crippen MR) is 151 cm³/mol. The fourth-order valence-electron chi connectivity index (χ4n) is 3.78. The van der Waals surface area contributed by atoms with Crippen molar-refractivity contribution in [2.45, 2.75) is 103 Å². The van der Waals surface area contributed by atoms with Crippen molar-refractivity contribution < 1.29 is 37.5 Å². The van der Waals surface area contributed by atoms with E-state index in [0.717, 1.165) is 12.5 Å². The Morgan fingerprint density at radius 2 is 1.16 bits per heavy atom. The van der Waals surface area contributed by atoms with Crippen LogP contribution < -0.4 is 0 Å². The summed E-state index contributed by atoms with van der Waals surface area (Å²) < 4.78 is 23.4. The Hall–Kier alpha value is -0.786. The van der Waals surface area contributed by atoms with Crippen LogP contribution in [0.4, 0.5) is 0 Å². The summed E-state index contributed by atoms with van der Waals surface area (Å²) in [6, 6.07) is 2.14. The van der Waals surface area contributed by atoms with Crippen molar-refractivity contribution in [2.24, 2.45) is 5.41 Å². The van der Waals surface area contributed by atoms with Crippen molar-refractivity contribution >= 4 is 62.3 Å². The van der Waals surface area contributed by atoms with Crippen LogP contribution in [0.3, 0.4) is 0 Å². The number of hydrogen-bond acceptors (Lipinski definition) is 8. The molecule has 0 aromatic carbocycles. The molecule has 0 amide bonds. The van der Waals surface area contributed by atoms with E-state index in [0.29, 0.717) is 13.0 Å². The van der Waals surface area contributed by atoms with Crippen LogP contribution in [0.25, 0.3) is 0 Å². The summed E-state index contributed by atoms with van der Waals surface area (Å²) >= 11 is 10.6. The van der Waals surface area contributed by atoms with Crippen LogP contribution in [-0.4, -0.2) is 65.5 Å². The van der Waals surface area contributed by atoms with Crippen molar-refractivity contribution in [3.05, 3.63) is 0 Å². The van der Waals surface area contributed by atoms with Crippen molar-refractivity contribution in [3.63, 3.8) is 0 Å². The highest BCUT2D eigenvalue weighted by atomic mass is 35.5. The normalized spacial score (nSPS) is 12.3. The zero-order chi connectivity index (χ0) is 28.5. The maximum absolute atomic E-state index is 12.1. The maximum Gasteiger partial charge on any atom is 0.306 e. The van der Waals surface area contributed by atoms with Gasteiger partial charge in [0.25, 0.3) is 0 Å². The molecule has 0 N–H and O–H groups in total. The van der Waals surface area contributed by atoms with Gasteiger partial charge in [0.1, 0.15) is 13.2 Å². The predicted octanol–water partition coefficient (Wildman–Crippen LogP) is 6.19. The minimum absolute atomic E-state index is 0.0406. The second-order valence-electron chi connectivity index (χ2n) is 10.8. The molecule has 216 valence electrons. The number of esters is 2. The van der Waals surface area contributed by atoms with Gasteiger partial charge in [0.2, 0.25) is 10.5 Å². The number of unbranched alkanes of at least 4 members (excludes halogenated alkanes) is 1. The molecule has 0 aliphatic rings. The van der Waals surface area contributed by atoms with E-state index in [-0.39, 0.29) is 45.5 Å². The standard InChI is InChI=1S/C25H46Cl2O8Si2/c1-7-9-16-36(3,4)35-37(5,6)17-10-15-32-18-25(8-2,19-33-23(30)13-11-21(26)28)20-34-24(31)14-12-22(27)29/h7-20H2,1-6H3. The lowest BCUT2D eigenvalue weighted by Crippen LogP contribution is -2.44. The molecule has 0 aromatic heterocycles. The van der Waals surface area contributed by atoms with Gasteiger partial charge in [0.05, 0.1) is 24.9 Å². The second-order valence-corrected chi connectivity index (χ2v) is 20.5. The monoisotopic (exact) mass is 600 g/mol. The van der Waals surface area contributed by atoms with Crippen LogP contribution in [0.2, 0.25) is 38.3 Å². The third-order valence-corrected chi connectivity index (χ3v) is 14.0. The van der Waals surface area contributed by atoms with Gasteiger partial charge >= 0.3 is 11.9 Å². The zero-order valence-electron chi connectivity index (χ0n) is 23.4. The fourth-order valence-corrected chi connectivity index (χ4v) is 13.0. The molecule has 0 spiro atoms. The van der Waals surface area contributed by atoms with E-state index in [2.05, 4.69) is 33.1 Å². The smallest absolute Gasteiger partial charge is 0.306 e. The third kappa shape index (κ3) is 19.0. The van der Waals surface area contributed by atoms with E-state index >= 15 is 0 Å². The molecule has 0 saturated carbocycles. The average Bonchev–Trinajstić information content (AvgIpc) is 2.80. The summed E-state index contributed by atoms with van der Waals surface area (Å²) in [5.41, 5.74) is -0.764. The lowest BCUT2D eigenvalue weighted by atomic mass is 9.88. The first-order valence-corrected chi connectivity index (χ1v) is 20.1. The summed E-state index contributed by atoms with van der Waals surface area (Å²) in [5, 5.41) is -1.23. The summed E-state index contributed by atoms with van der Waals surface area (Å²) in [7, 11) is -3.49. The topological polar surface area (TPSA) is 105 Å². The summed E-state index contributed by atoms with van der Waals surface area (Å²) in [6.45, 7) is 13.8. The van der Waals surface area contributed by atoms with Gasteiger partial charge in [0.15, 0.2) is 16.6 Å². The molecule has 0 aliphatic carbocycles. The van der Waals surface area contributed by atoms with E-state index in [4.69, 9.17) is 41.5 Å². The van der Waals surface area contributed by atoms with Gasteiger partial charge in [-0.2, -0.15) is 0 Å². The Kier molecular flexibility index (Phi) is 18.1. The minimum Gasteiger partial charge on any atom is -0.465 e. The van der Waals surface area contributed by atoms with Crippen LogP contribution >= 0.6 is 23.2 Å². The second kappa shape index (κ2) is 18.5. The molecule has 8 nitrogen and oxygen atoms in total. The Morgan fingerprint density at radius 3 is 1.57 bits per heavy atom. The maximum atomic E-state index is 12.1. The number of hydrogen-bond donors (Lipinski definition) is 0. The van der Waals surface area contributed by atoms with Gasteiger partial charge in [-0.3, -0.25) is 19.2 Å². The molecule has 0 saturated heterocycles. The summed E-state index contributed by atoms with van der Waals surface area (Å²) in [4.78, 5) is 46.0. The Bertz CT molecular complexity index is 697. The van der Waals surface area contributed by atoms with Crippen LogP contribution in [0.15, 0.2) is 0 Å². The van der Waals surface area contributed by atoms with Gasteiger partial charge < -0.3 is 18.3 Å². The molecule has 0 aliphatic heterocycles. The van der Waals surface area contributed by atoms with Crippen molar-refractivity contribution in [2.75, 3.05) is 26.4 Å². The highest BCUT2D eigenvalue weighted by molar-refractivity contribution is 6.84. The number of halogens is 2. The summed E-state index contributed by atoms with van der Waals surface area (Å²) in [5.74, 6) is -1.13. The molecular formula is C25H46Cl2O8Si2. The lowest BCUT2D eigenvalue weighted by Gasteiger charge is -2.34. The first-order valence-electron chi connectivity index (χ1n) is 13.1. The van der Waals surface area contributed by atoms with E-state index < -0.39 is 44.5 Å². The Balaban J connectivity index is 4.95. The zero-order valence-corrected chi connectivity index (χ0v) is 26.9. The van der Waals surface area contributed by atoms with E-state index in [1.54, 1.807) is 0 Å². The highest BCUT2D eigenvalue weighted by Crippen LogP contribution is 2.27.